The molecule has 3 rings (SSSR count). The van der Waals surface area contributed by atoms with Gasteiger partial charge in [-0.05, 0) is 79.5 Å². The molecule has 0 aliphatic heterocycles. The fraction of sp³-hybridized carbons (Fsp3) is 0.351. The Balaban J connectivity index is 1.76. The van der Waals surface area contributed by atoms with Crippen molar-refractivity contribution in [1.82, 2.24) is 0 Å². The van der Waals surface area contributed by atoms with Crippen LogP contribution in [0.5, 0.6) is 0 Å². The standard InChI is InChI=1S/C37H44O5/c1-8-9-10-11-28-12-14-29(15-13-28)32-20-21-34(26(4)22-32)31-18-16-30(17-19-31)33(23-41-35(38)25(2)3)24-42-36(39)27(5)37(6,7)40/h12-22,33,40H,2,5,8-11,23-24H2,1,3-4,6-7H3. The zero-order valence-electron chi connectivity index (χ0n) is 25.7. The molecule has 1 N–H and O–H groups in total. The van der Waals surface area contributed by atoms with E-state index in [0.717, 1.165) is 23.1 Å². The largest absolute Gasteiger partial charge is 0.462 e. The van der Waals surface area contributed by atoms with E-state index in [1.807, 2.05) is 24.3 Å². The molecule has 0 aliphatic rings. The summed E-state index contributed by atoms with van der Waals surface area (Å²) < 4.78 is 10.8. The maximum Gasteiger partial charge on any atom is 0.336 e. The van der Waals surface area contributed by atoms with Gasteiger partial charge in [0.2, 0.25) is 0 Å². The van der Waals surface area contributed by atoms with Crippen molar-refractivity contribution < 1.29 is 24.2 Å². The minimum absolute atomic E-state index is 0.0123. The molecule has 3 aromatic rings. The van der Waals surface area contributed by atoms with E-state index in [0.29, 0.717) is 5.57 Å². The molecular formula is C37H44O5. The van der Waals surface area contributed by atoms with Gasteiger partial charge >= 0.3 is 11.9 Å². The number of esters is 2. The lowest BCUT2D eigenvalue weighted by Gasteiger charge is -2.22. The topological polar surface area (TPSA) is 72.8 Å². The zero-order valence-corrected chi connectivity index (χ0v) is 25.7. The first-order valence-electron chi connectivity index (χ1n) is 14.6. The number of aryl methyl sites for hydroxylation is 2. The van der Waals surface area contributed by atoms with E-state index in [9.17, 15) is 14.7 Å². The van der Waals surface area contributed by atoms with Crippen LogP contribution < -0.4 is 0 Å². The highest BCUT2D eigenvalue weighted by Crippen LogP contribution is 2.30. The number of hydrogen-bond acceptors (Lipinski definition) is 5. The summed E-state index contributed by atoms with van der Waals surface area (Å²) in [6.45, 7) is 16.1. The molecule has 222 valence electrons. The first kappa shape index (κ1) is 32.6. The van der Waals surface area contributed by atoms with E-state index in [4.69, 9.17) is 9.47 Å². The van der Waals surface area contributed by atoms with Crippen molar-refractivity contribution in [3.8, 4) is 22.3 Å². The minimum atomic E-state index is -1.40. The average Bonchev–Trinajstić information content (AvgIpc) is 2.96. The SMILES string of the molecule is C=C(C)C(=O)OCC(COC(=O)C(=C)C(C)(C)O)c1ccc(-c2ccc(-c3ccc(CCCCC)cc3)cc2C)cc1. The average molecular weight is 569 g/mol. The third-order valence-electron chi connectivity index (χ3n) is 7.44. The predicted octanol–water partition coefficient (Wildman–Crippen LogP) is 8.13. The van der Waals surface area contributed by atoms with E-state index in [1.165, 1.54) is 55.4 Å². The second-order valence-corrected chi connectivity index (χ2v) is 11.5. The highest BCUT2D eigenvalue weighted by atomic mass is 16.5. The van der Waals surface area contributed by atoms with Crippen LogP contribution in [0.2, 0.25) is 0 Å². The molecule has 0 amide bonds. The first-order valence-corrected chi connectivity index (χ1v) is 14.6. The van der Waals surface area contributed by atoms with Crippen molar-refractivity contribution in [1.29, 1.82) is 0 Å². The lowest BCUT2D eigenvalue weighted by Crippen LogP contribution is -2.29. The number of benzene rings is 3. The van der Waals surface area contributed by atoms with Gasteiger partial charge in [-0.1, -0.05) is 99.7 Å². The molecule has 0 aliphatic carbocycles. The Morgan fingerprint density at radius 3 is 1.95 bits per heavy atom. The summed E-state index contributed by atoms with van der Waals surface area (Å²) in [6, 6.07) is 23.3. The smallest absolute Gasteiger partial charge is 0.336 e. The van der Waals surface area contributed by atoms with Gasteiger partial charge in [0.1, 0.15) is 13.2 Å². The molecule has 0 saturated carbocycles. The molecule has 3 aromatic carbocycles. The maximum atomic E-state index is 12.4. The number of carbonyl (C=O) groups excluding carboxylic acids is 2. The van der Waals surface area contributed by atoms with Crippen LogP contribution in [-0.2, 0) is 25.5 Å². The number of carbonyl (C=O) groups is 2. The van der Waals surface area contributed by atoms with Crippen LogP contribution in [0, 0.1) is 6.92 Å². The Bertz CT molecular complexity index is 1390. The molecule has 0 saturated heterocycles. The predicted molar refractivity (Wildman–Crippen MR) is 170 cm³/mol. The quantitative estimate of drug-likeness (QED) is 0.121. The number of unbranched alkanes of at least 4 members (excludes halogenated alkanes) is 2. The van der Waals surface area contributed by atoms with Crippen molar-refractivity contribution >= 4 is 11.9 Å². The van der Waals surface area contributed by atoms with Crippen molar-refractivity contribution in [3.05, 3.63) is 108 Å². The molecule has 0 radical (unpaired) electrons. The highest BCUT2D eigenvalue weighted by molar-refractivity contribution is 5.89. The maximum absolute atomic E-state index is 12.4. The van der Waals surface area contributed by atoms with Gasteiger partial charge < -0.3 is 14.6 Å². The Hall–Kier alpha value is -3.96. The molecule has 1 atom stereocenters. The van der Waals surface area contributed by atoms with Crippen LogP contribution in [0.3, 0.4) is 0 Å². The number of hydrogen-bond donors (Lipinski definition) is 1. The summed E-state index contributed by atoms with van der Waals surface area (Å²) in [7, 11) is 0. The molecule has 0 heterocycles. The van der Waals surface area contributed by atoms with Gasteiger partial charge in [0.15, 0.2) is 0 Å². The second-order valence-electron chi connectivity index (χ2n) is 11.5. The fourth-order valence-corrected chi connectivity index (χ4v) is 4.60. The van der Waals surface area contributed by atoms with Gasteiger partial charge in [0, 0.05) is 5.57 Å². The number of aliphatic hydroxyl groups is 1. The van der Waals surface area contributed by atoms with Crippen LogP contribution >= 0.6 is 0 Å². The molecule has 0 bridgehead atoms. The summed E-state index contributed by atoms with van der Waals surface area (Å²) in [6.07, 6.45) is 4.84. The highest BCUT2D eigenvalue weighted by Gasteiger charge is 2.26. The van der Waals surface area contributed by atoms with Crippen LogP contribution in [0.25, 0.3) is 22.3 Å². The fourth-order valence-electron chi connectivity index (χ4n) is 4.60. The van der Waals surface area contributed by atoms with E-state index >= 15 is 0 Å². The summed E-state index contributed by atoms with van der Waals surface area (Å²) in [5.41, 5.74) is 6.81. The summed E-state index contributed by atoms with van der Waals surface area (Å²) in [5, 5.41) is 10.1. The monoisotopic (exact) mass is 568 g/mol. The molecule has 42 heavy (non-hydrogen) atoms. The van der Waals surface area contributed by atoms with Crippen LogP contribution in [0.15, 0.2) is 91.0 Å². The van der Waals surface area contributed by atoms with Crippen molar-refractivity contribution in [2.45, 2.75) is 71.8 Å². The van der Waals surface area contributed by atoms with Gasteiger partial charge in [0.05, 0.1) is 17.1 Å². The molecule has 0 spiro atoms. The van der Waals surface area contributed by atoms with E-state index in [-0.39, 0.29) is 18.8 Å². The molecule has 0 fully saturated rings. The third-order valence-corrected chi connectivity index (χ3v) is 7.44. The van der Waals surface area contributed by atoms with E-state index in [1.54, 1.807) is 6.92 Å². The summed E-state index contributed by atoms with van der Waals surface area (Å²) in [5.74, 6) is -1.61. The number of rotatable bonds is 14. The lowest BCUT2D eigenvalue weighted by molar-refractivity contribution is -0.143. The Kier molecular flexibility index (Phi) is 11.5. The normalized spacial score (nSPS) is 12.0. The lowest BCUT2D eigenvalue weighted by atomic mass is 9.93. The van der Waals surface area contributed by atoms with Crippen molar-refractivity contribution in [2.24, 2.45) is 0 Å². The molecule has 5 heteroatoms. The van der Waals surface area contributed by atoms with Gasteiger partial charge in [-0.3, -0.25) is 0 Å². The van der Waals surface area contributed by atoms with E-state index in [2.05, 4.69) is 69.5 Å². The first-order chi connectivity index (χ1) is 19.9. The van der Waals surface area contributed by atoms with Crippen LogP contribution in [0.1, 0.15) is 69.6 Å². The summed E-state index contributed by atoms with van der Waals surface area (Å²) >= 11 is 0. The van der Waals surface area contributed by atoms with Crippen LogP contribution in [-0.4, -0.2) is 35.9 Å². The Morgan fingerprint density at radius 1 is 0.833 bits per heavy atom. The number of ether oxygens (including phenoxy) is 2. The van der Waals surface area contributed by atoms with Gasteiger partial charge in [-0.15, -0.1) is 0 Å². The molecule has 5 nitrogen and oxygen atoms in total. The Morgan fingerprint density at radius 2 is 1.40 bits per heavy atom. The third kappa shape index (κ3) is 9.02. The summed E-state index contributed by atoms with van der Waals surface area (Å²) in [4.78, 5) is 24.5. The minimum Gasteiger partial charge on any atom is -0.462 e. The van der Waals surface area contributed by atoms with Crippen molar-refractivity contribution in [2.75, 3.05) is 13.2 Å². The second kappa shape index (κ2) is 14.8. The molecule has 1 unspecified atom stereocenters. The molecule has 0 aromatic heterocycles. The van der Waals surface area contributed by atoms with Crippen LogP contribution in [0.4, 0.5) is 0 Å². The van der Waals surface area contributed by atoms with Gasteiger partial charge in [0.25, 0.3) is 0 Å². The van der Waals surface area contributed by atoms with Gasteiger partial charge in [-0.25, -0.2) is 9.59 Å². The van der Waals surface area contributed by atoms with Crippen molar-refractivity contribution in [3.63, 3.8) is 0 Å². The van der Waals surface area contributed by atoms with E-state index < -0.39 is 23.5 Å². The zero-order chi connectivity index (χ0) is 30.9. The Labute approximate surface area is 250 Å². The van der Waals surface area contributed by atoms with Gasteiger partial charge in [-0.2, -0.15) is 0 Å². The molecular weight excluding hydrogens is 524 g/mol.